The van der Waals surface area contributed by atoms with Gasteiger partial charge in [0.25, 0.3) is 5.91 Å². The lowest BCUT2D eigenvalue weighted by Gasteiger charge is -2.21. The second-order valence-electron chi connectivity index (χ2n) is 4.36. The molecule has 0 atom stereocenters. The molecule has 0 heterocycles. The number of rotatable bonds is 5. The first kappa shape index (κ1) is 15.0. The van der Waals surface area contributed by atoms with Crippen LogP contribution in [0.1, 0.15) is 0 Å². The summed E-state index contributed by atoms with van der Waals surface area (Å²) >= 11 is 0. The van der Waals surface area contributed by atoms with Gasteiger partial charge < -0.3 is 0 Å². The van der Waals surface area contributed by atoms with E-state index in [4.69, 9.17) is 0 Å². The third kappa shape index (κ3) is 3.58. The van der Waals surface area contributed by atoms with E-state index in [0.29, 0.717) is 5.69 Å². The Bertz CT molecular complexity index is 725. The van der Waals surface area contributed by atoms with Gasteiger partial charge in [0.2, 0.25) is 0 Å². The summed E-state index contributed by atoms with van der Waals surface area (Å²) in [4.78, 5) is 13.3. The Morgan fingerprint density at radius 2 is 1.52 bits per heavy atom. The average molecular weight is 301 g/mol. The first-order valence-electron chi connectivity index (χ1n) is 6.31. The first-order chi connectivity index (χ1) is 10.0. The van der Waals surface area contributed by atoms with Crippen molar-refractivity contribution in [2.75, 3.05) is 10.8 Å². The predicted molar refractivity (Wildman–Crippen MR) is 82.6 cm³/mol. The molecule has 2 aromatic carbocycles. The van der Waals surface area contributed by atoms with Gasteiger partial charge >= 0.3 is 0 Å². The van der Waals surface area contributed by atoms with Crippen LogP contribution >= 0.6 is 0 Å². The zero-order valence-electron chi connectivity index (χ0n) is 11.3. The number of benzene rings is 2. The maximum absolute atomic E-state index is 12.4. The van der Waals surface area contributed by atoms with Crippen molar-refractivity contribution in [1.29, 1.82) is 0 Å². The molecule has 0 unspecified atom stereocenters. The molecule has 0 aromatic heterocycles. The fraction of sp³-hybridized carbons (Fsp3) is 0.0625. The van der Waals surface area contributed by atoms with Gasteiger partial charge in [-0.3, -0.25) is 9.69 Å². The summed E-state index contributed by atoms with van der Waals surface area (Å²) in [5.41, 5.74) is 0.516. The summed E-state index contributed by atoms with van der Waals surface area (Å²) in [5, 5.41) is 0. The smallest absolute Gasteiger partial charge is 0.251 e. The first-order valence-corrected chi connectivity index (χ1v) is 7.96. The second-order valence-corrected chi connectivity index (χ2v) is 6.32. The Balaban J connectivity index is 2.36. The van der Waals surface area contributed by atoms with E-state index in [1.54, 1.807) is 48.5 Å². The van der Waals surface area contributed by atoms with Crippen molar-refractivity contribution in [2.45, 2.75) is 4.90 Å². The van der Waals surface area contributed by atoms with E-state index in [2.05, 4.69) is 6.58 Å². The molecule has 0 aliphatic rings. The fourth-order valence-electron chi connectivity index (χ4n) is 1.86. The number of nitrogens with zero attached hydrogens (tertiary/aromatic N) is 1. The number of carbonyl (C=O) groups is 1. The number of hydrogen-bond donors (Lipinski definition) is 0. The molecule has 4 nitrogen and oxygen atoms in total. The molecule has 0 saturated carbocycles. The zero-order chi connectivity index (χ0) is 15.3. The minimum Gasteiger partial charge on any atom is -0.294 e. The van der Waals surface area contributed by atoms with Gasteiger partial charge in [-0.25, -0.2) is 8.42 Å². The number of para-hydroxylation sites is 1. The second kappa shape index (κ2) is 6.37. The highest BCUT2D eigenvalue weighted by Crippen LogP contribution is 2.18. The van der Waals surface area contributed by atoms with Crippen LogP contribution in [0.15, 0.2) is 78.2 Å². The lowest BCUT2D eigenvalue weighted by Crippen LogP contribution is -2.34. The van der Waals surface area contributed by atoms with Crippen LogP contribution in [0.3, 0.4) is 0 Å². The normalized spacial score (nSPS) is 10.9. The Labute approximate surface area is 124 Å². The van der Waals surface area contributed by atoms with Gasteiger partial charge in [0, 0.05) is 5.69 Å². The SMILES string of the molecule is C=CC(=O)N(CS(=O)(=O)c1ccccc1)c1ccccc1. The highest BCUT2D eigenvalue weighted by molar-refractivity contribution is 7.91. The topological polar surface area (TPSA) is 54.5 Å². The van der Waals surface area contributed by atoms with Crippen LogP contribution < -0.4 is 4.90 Å². The van der Waals surface area contributed by atoms with Crippen LogP contribution in [0.25, 0.3) is 0 Å². The van der Waals surface area contributed by atoms with Crippen molar-refractivity contribution >= 4 is 21.4 Å². The summed E-state index contributed by atoms with van der Waals surface area (Å²) in [6.45, 7) is 3.42. The van der Waals surface area contributed by atoms with Crippen LogP contribution in [0, 0.1) is 0 Å². The van der Waals surface area contributed by atoms with Gasteiger partial charge in [0.05, 0.1) is 4.90 Å². The molecule has 2 aromatic rings. The fourth-order valence-corrected chi connectivity index (χ4v) is 3.19. The van der Waals surface area contributed by atoms with Gasteiger partial charge in [0.15, 0.2) is 9.84 Å². The summed E-state index contributed by atoms with van der Waals surface area (Å²) in [6, 6.07) is 16.7. The van der Waals surface area contributed by atoms with Crippen LogP contribution in [0.5, 0.6) is 0 Å². The van der Waals surface area contributed by atoms with E-state index in [1.165, 1.54) is 17.0 Å². The van der Waals surface area contributed by atoms with Gasteiger partial charge in [-0.1, -0.05) is 43.0 Å². The Morgan fingerprint density at radius 3 is 2.05 bits per heavy atom. The van der Waals surface area contributed by atoms with E-state index in [9.17, 15) is 13.2 Å². The summed E-state index contributed by atoms with van der Waals surface area (Å²) in [7, 11) is -3.61. The molecule has 0 aliphatic heterocycles. The zero-order valence-corrected chi connectivity index (χ0v) is 12.2. The van der Waals surface area contributed by atoms with Crippen molar-refractivity contribution in [3.63, 3.8) is 0 Å². The molecule has 0 N–H and O–H groups in total. The van der Waals surface area contributed by atoms with Gasteiger partial charge in [-0.15, -0.1) is 0 Å². The molecule has 0 bridgehead atoms. The van der Waals surface area contributed by atoms with Crippen molar-refractivity contribution in [3.05, 3.63) is 73.3 Å². The minimum absolute atomic E-state index is 0.183. The lowest BCUT2D eigenvalue weighted by atomic mass is 10.3. The molecule has 108 valence electrons. The number of anilines is 1. The molecule has 21 heavy (non-hydrogen) atoms. The maximum Gasteiger partial charge on any atom is 0.251 e. The van der Waals surface area contributed by atoms with Crippen LogP contribution in [0.2, 0.25) is 0 Å². The molecular weight excluding hydrogens is 286 g/mol. The summed E-state index contributed by atoms with van der Waals surface area (Å²) < 4.78 is 24.8. The number of carbonyl (C=O) groups excluding carboxylic acids is 1. The maximum atomic E-state index is 12.4. The molecule has 2 rings (SSSR count). The Morgan fingerprint density at radius 1 is 1.00 bits per heavy atom. The van der Waals surface area contributed by atoms with Gasteiger partial charge in [-0.05, 0) is 30.3 Å². The Kier molecular flexibility index (Phi) is 4.55. The lowest BCUT2D eigenvalue weighted by molar-refractivity contribution is -0.114. The van der Waals surface area contributed by atoms with Gasteiger partial charge in [-0.2, -0.15) is 0 Å². The standard InChI is InChI=1S/C16H15NO3S/c1-2-16(18)17(14-9-5-3-6-10-14)13-21(19,20)15-11-7-4-8-12-15/h2-12H,1,13H2. The van der Waals surface area contributed by atoms with E-state index in [0.717, 1.165) is 6.08 Å². The molecule has 1 amide bonds. The van der Waals surface area contributed by atoms with Gasteiger partial charge in [0.1, 0.15) is 5.88 Å². The molecule has 5 heteroatoms. The van der Waals surface area contributed by atoms with Crippen molar-refractivity contribution < 1.29 is 13.2 Å². The molecule has 0 spiro atoms. The van der Waals surface area contributed by atoms with Crippen LogP contribution in [0.4, 0.5) is 5.69 Å². The highest BCUT2D eigenvalue weighted by atomic mass is 32.2. The summed E-state index contributed by atoms with van der Waals surface area (Å²) in [6.07, 6.45) is 1.10. The molecule has 0 saturated heterocycles. The number of amides is 1. The molecule has 0 aliphatic carbocycles. The third-order valence-electron chi connectivity index (χ3n) is 2.91. The van der Waals surface area contributed by atoms with Crippen molar-refractivity contribution in [3.8, 4) is 0 Å². The van der Waals surface area contributed by atoms with E-state index in [1.807, 2.05) is 0 Å². The van der Waals surface area contributed by atoms with Crippen LogP contribution in [-0.4, -0.2) is 20.2 Å². The molecular formula is C16H15NO3S. The van der Waals surface area contributed by atoms with Crippen molar-refractivity contribution in [2.24, 2.45) is 0 Å². The summed E-state index contributed by atoms with van der Waals surface area (Å²) in [5.74, 6) is -0.882. The minimum atomic E-state index is -3.61. The average Bonchev–Trinajstić information content (AvgIpc) is 2.53. The Hall–Kier alpha value is -2.40. The van der Waals surface area contributed by atoms with Crippen LogP contribution in [-0.2, 0) is 14.6 Å². The highest BCUT2D eigenvalue weighted by Gasteiger charge is 2.22. The van der Waals surface area contributed by atoms with Crippen molar-refractivity contribution in [1.82, 2.24) is 0 Å². The molecule has 0 radical (unpaired) electrons. The third-order valence-corrected chi connectivity index (χ3v) is 4.50. The molecule has 0 fully saturated rings. The quantitative estimate of drug-likeness (QED) is 0.798. The van der Waals surface area contributed by atoms with E-state index >= 15 is 0 Å². The number of hydrogen-bond acceptors (Lipinski definition) is 3. The van der Waals surface area contributed by atoms with E-state index < -0.39 is 21.6 Å². The van der Waals surface area contributed by atoms with E-state index in [-0.39, 0.29) is 4.90 Å². The number of sulfone groups is 1. The monoisotopic (exact) mass is 301 g/mol. The largest absolute Gasteiger partial charge is 0.294 e. The predicted octanol–water partition coefficient (Wildman–Crippen LogP) is 2.64.